The molecular weight excluding hydrogens is 697 g/mol. The first kappa shape index (κ1) is 36.9. The van der Waals surface area contributed by atoms with Gasteiger partial charge in [0.15, 0.2) is 16.9 Å². The average molecular weight is 737 g/mol. The number of rotatable bonds is 11. The number of aliphatic carboxylic acids is 1. The van der Waals surface area contributed by atoms with E-state index in [-0.39, 0.29) is 35.2 Å². The van der Waals surface area contributed by atoms with Gasteiger partial charge in [-0.15, -0.1) is 15.6 Å². The number of hydrogen-bond acceptors (Lipinski definition) is 14. The fourth-order valence-electron chi connectivity index (χ4n) is 6.09. The lowest BCUT2D eigenvalue weighted by atomic mass is 9.84. The van der Waals surface area contributed by atoms with Gasteiger partial charge >= 0.3 is 16.4 Å². The number of hydroxylamine groups is 2. The summed E-state index contributed by atoms with van der Waals surface area (Å²) < 4.78 is 41.8. The summed E-state index contributed by atoms with van der Waals surface area (Å²) in [5.41, 5.74) is 9.14. The molecule has 2 fully saturated rings. The van der Waals surface area contributed by atoms with E-state index < -0.39 is 57.2 Å². The van der Waals surface area contributed by atoms with Crippen molar-refractivity contribution in [3.05, 3.63) is 40.4 Å². The van der Waals surface area contributed by atoms with Crippen LogP contribution in [0.4, 0.5) is 5.13 Å². The number of β-lactam (4-membered cyclic amide) rings is 1. The van der Waals surface area contributed by atoms with Gasteiger partial charge in [-0.05, 0) is 89.5 Å². The van der Waals surface area contributed by atoms with Crippen LogP contribution in [-0.2, 0) is 40.3 Å². The summed E-state index contributed by atoms with van der Waals surface area (Å²) in [6, 6.07) is 4.22. The van der Waals surface area contributed by atoms with Crippen molar-refractivity contribution in [2.75, 3.05) is 5.73 Å². The van der Waals surface area contributed by atoms with E-state index in [1.165, 1.54) is 26.2 Å². The zero-order valence-corrected chi connectivity index (χ0v) is 29.2. The molecule has 2 amide bonds. The summed E-state index contributed by atoms with van der Waals surface area (Å²) >= 11 is 0.964. The molecule has 3 aliphatic rings. The molecule has 0 unspecified atom stereocenters. The number of oxime groups is 1. The number of ether oxygens (including phenoxy) is 1. The largest absolute Gasteiger partial charge is 0.485 e. The Kier molecular flexibility index (Phi) is 10.4. The predicted octanol–water partition coefficient (Wildman–Crippen LogP) is 1.10. The molecule has 1 saturated heterocycles. The SMILES string of the molecule is CC1(C)[C@H](NC(=O)/C(=N\O[C@](C)(C(=O)O)[C@H]2CCc3cc(C(=N)N[C@H]4CCC[C@H](N)CC4)ccc3O2)c2csc(N)n2)C(=O)N1OS(=O)(=O)O. The molecule has 0 spiro atoms. The van der Waals surface area contributed by atoms with E-state index in [0.29, 0.717) is 22.8 Å². The number of carboxylic acid groups (broad SMARTS) is 1. The number of nitrogen functional groups attached to an aromatic ring is 1. The van der Waals surface area contributed by atoms with Crippen LogP contribution in [0.2, 0.25) is 0 Å². The summed E-state index contributed by atoms with van der Waals surface area (Å²) in [4.78, 5) is 48.4. The van der Waals surface area contributed by atoms with Crippen LogP contribution < -0.4 is 26.8 Å². The van der Waals surface area contributed by atoms with Crippen LogP contribution in [-0.4, -0.2) is 92.8 Å². The summed E-state index contributed by atoms with van der Waals surface area (Å²) in [6.45, 7) is 3.99. The van der Waals surface area contributed by atoms with E-state index in [2.05, 4.69) is 25.1 Å². The Balaban J connectivity index is 1.32. The van der Waals surface area contributed by atoms with E-state index in [1.807, 2.05) is 6.07 Å². The van der Waals surface area contributed by atoms with Gasteiger partial charge in [0.1, 0.15) is 23.3 Å². The standard InChI is InChI=1S/C30H40N8O10S2/c1-29(2)23(26(40)38(29)48-50(43,44)45)36-25(39)22(19-14-49-28(33)35-19)37-47-30(3,27(41)42)21-12-8-15-13-16(7-11-20(15)46-21)24(32)34-18-6-4-5-17(31)9-10-18/h7,11,13-14,17-18,21,23H,4-6,8-10,12,31H2,1-3H3,(H2,32,34)(H2,33,35)(H,36,39)(H,41,42)(H,43,44,45)/b37-22-/t17-,18-,21+,23+,30-/m0/s1. The van der Waals surface area contributed by atoms with Gasteiger partial charge < -0.3 is 36.8 Å². The Bertz CT molecular complexity index is 1820. The van der Waals surface area contributed by atoms with Gasteiger partial charge in [0, 0.05) is 23.0 Å². The molecule has 20 heteroatoms. The first-order valence-electron chi connectivity index (χ1n) is 15.8. The molecule has 2 aliphatic heterocycles. The number of carbonyl (C=O) groups excluding carboxylic acids is 2. The number of benzene rings is 1. The number of nitrogens with two attached hydrogens (primary N) is 2. The molecule has 9 N–H and O–H groups in total. The number of thiazole rings is 1. The maximum Gasteiger partial charge on any atom is 0.418 e. The number of nitrogens with zero attached hydrogens (tertiary/aromatic N) is 3. The van der Waals surface area contributed by atoms with Crippen LogP contribution in [0.5, 0.6) is 5.75 Å². The second kappa shape index (κ2) is 14.1. The summed E-state index contributed by atoms with van der Waals surface area (Å²) in [7, 11) is -5.03. The fraction of sp³-hybridized carbons (Fsp3) is 0.533. The average Bonchev–Trinajstić information content (AvgIpc) is 3.38. The molecule has 50 heavy (non-hydrogen) atoms. The number of anilines is 1. The Morgan fingerprint density at radius 1 is 1.22 bits per heavy atom. The molecular formula is C30H40N8O10S2. The lowest BCUT2D eigenvalue weighted by molar-refractivity contribution is -0.218. The van der Waals surface area contributed by atoms with Crippen molar-refractivity contribution < 1.29 is 46.3 Å². The lowest BCUT2D eigenvalue weighted by Gasteiger charge is -2.50. The number of fused-ring (bicyclic) bond motifs is 1. The zero-order chi connectivity index (χ0) is 36.6. The molecule has 1 aromatic heterocycles. The maximum atomic E-state index is 13.5. The van der Waals surface area contributed by atoms with E-state index in [1.54, 1.807) is 12.1 Å². The summed E-state index contributed by atoms with van der Waals surface area (Å²) in [5, 5.41) is 30.4. The second-order valence-corrected chi connectivity index (χ2v) is 15.1. The number of hydrogen-bond donors (Lipinski definition) is 7. The molecule has 0 bridgehead atoms. The van der Waals surface area contributed by atoms with Crippen molar-refractivity contribution in [2.24, 2.45) is 10.9 Å². The van der Waals surface area contributed by atoms with Gasteiger partial charge in [0.2, 0.25) is 0 Å². The highest BCUT2D eigenvalue weighted by Crippen LogP contribution is 2.35. The molecule has 1 aliphatic carbocycles. The van der Waals surface area contributed by atoms with E-state index in [9.17, 15) is 27.9 Å². The van der Waals surface area contributed by atoms with Gasteiger partial charge in [-0.1, -0.05) is 5.16 Å². The smallest absolute Gasteiger partial charge is 0.418 e. The molecule has 1 aromatic carbocycles. The van der Waals surface area contributed by atoms with Crippen molar-refractivity contribution in [3.8, 4) is 5.75 Å². The van der Waals surface area contributed by atoms with Crippen LogP contribution in [0.3, 0.4) is 0 Å². The van der Waals surface area contributed by atoms with Crippen LogP contribution >= 0.6 is 11.3 Å². The van der Waals surface area contributed by atoms with E-state index >= 15 is 0 Å². The minimum absolute atomic E-state index is 0.0579. The molecule has 272 valence electrons. The monoisotopic (exact) mass is 736 g/mol. The van der Waals surface area contributed by atoms with E-state index in [4.69, 9.17) is 31.0 Å². The minimum Gasteiger partial charge on any atom is -0.485 e. The van der Waals surface area contributed by atoms with Crippen molar-refractivity contribution in [1.82, 2.24) is 20.7 Å². The van der Waals surface area contributed by atoms with Crippen molar-refractivity contribution in [3.63, 3.8) is 0 Å². The molecule has 5 atom stereocenters. The third-order valence-corrected chi connectivity index (χ3v) is 10.1. The highest BCUT2D eigenvalue weighted by molar-refractivity contribution is 7.80. The Labute approximate surface area is 291 Å². The molecule has 0 radical (unpaired) electrons. The van der Waals surface area contributed by atoms with Crippen LogP contribution in [0.1, 0.15) is 76.1 Å². The van der Waals surface area contributed by atoms with E-state index in [0.717, 1.165) is 49.0 Å². The quantitative estimate of drug-likeness (QED) is 0.0425. The highest BCUT2D eigenvalue weighted by atomic mass is 32.3. The highest BCUT2D eigenvalue weighted by Gasteiger charge is 2.58. The number of carboxylic acids is 1. The summed E-state index contributed by atoms with van der Waals surface area (Å²) in [6.07, 6.45) is 4.20. The minimum atomic E-state index is -5.03. The third kappa shape index (κ3) is 7.83. The fourth-order valence-corrected chi connectivity index (χ4v) is 7.09. The summed E-state index contributed by atoms with van der Waals surface area (Å²) in [5.74, 6) is -2.77. The maximum absolute atomic E-state index is 13.5. The first-order valence-corrected chi connectivity index (χ1v) is 18.1. The molecule has 5 rings (SSSR count). The van der Waals surface area contributed by atoms with Crippen molar-refractivity contribution >= 4 is 56.2 Å². The first-order chi connectivity index (χ1) is 23.4. The molecule has 2 aromatic rings. The van der Waals surface area contributed by atoms with Crippen LogP contribution in [0, 0.1) is 5.41 Å². The normalized spacial score (nSPS) is 24.8. The van der Waals surface area contributed by atoms with Gasteiger partial charge in [0.05, 0.1) is 5.54 Å². The lowest BCUT2D eigenvalue weighted by Crippen LogP contribution is -2.76. The third-order valence-electron chi connectivity index (χ3n) is 9.12. The predicted molar refractivity (Wildman–Crippen MR) is 180 cm³/mol. The number of amides is 2. The number of carbonyl (C=O) groups is 3. The van der Waals surface area contributed by atoms with Crippen molar-refractivity contribution in [1.29, 1.82) is 5.41 Å². The molecule has 3 heterocycles. The van der Waals surface area contributed by atoms with Gasteiger partial charge in [-0.3, -0.25) is 19.6 Å². The number of amidine groups is 1. The Hall–Kier alpha value is -4.37. The van der Waals surface area contributed by atoms with Gasteiger partial charge in [-0.2, -0.15) is 13.5 Å². The van der Waals surface area contributed by atoms with Gasteiger partial charge in [-0.25, -0.2) is 9.78 Å². The van der Waals surface area contributed by atoms with Crippen LogP contribution in [0.15, 0.2) is 28.7 Å². The number of aromatic nitrogens is 1. The van der Waals surface area contributed by atoms with Crippen LogP contribution in [0.25, 0.3) is 0 Å². The van der Waals surface area contributed by atoms with Crippen molar-refractivity contribution in [2.45, 2.75) is 101 Å². The molecule has 18 nitrogen and oxygen atoms in total. The number of aryl methyl sites for hydroxylation is 1. The van der Waals surface area contributed by atoms with Gasteiger partial charge in [0.25, 0.3) is 17.4 Å². The number of nitrogens with one attached hydrogen (secondary N) is 3. The zero-order valence-electron chi connectivity index (χ0n) is 27.5. The Morgan fingerprint density at radius 3 is 2.60 bits per heavy atom. The molecule has 1 saturated carbocycles. The Morgan fingerprint density at radius 2 is 1.96 bits per heavy atom. The topological polar surface area (TPSA) is 282 Å². The second-order valence-electron chi connectivity index (χ2n) is 13.2.